The van der Waals surface area contributed by atoms with Gasteiger partial charge in [0.05, 0.1) is 18.8 Å². The fourth-order valence-electron chi connectivity index (χ4n) is 3.30. The fourth-order valence-corrected chi connectivity index (χ4v) is 3.30. The van der Waals surface area contributed by atoms with Crippen LogP contribution in [0.1, 0.15) is 44.9 Å². The highest BCUT2D eigenvalue weighted by atomic mass is 127. The summed E-state index contributed by atoms with van der Waals surface area (Å²) in [6.07, 6.45) is 5.32. The van der Waals surface area contributed by atoms with Crippen LogP contribution in [-0.2, 0) is 0 Å². The smallest absolute Gasteiger partial charge is 0.191 e. The van der Waals surface area contributed by atoms with Gasteiger partial charge >= 0.3 is 0 Å². The Kier molecular flexibility index (Phi) is 11.2. The van der Waals surface area contributed by atoms with E-state index in [0.717, 1.165) is 18.3 Å². The van der Waals surface area contributed by atoms with Crippen LogP contribution in [-0.4, -0.2) is 68.6 Å². The van der Waals surface area contributed by atoms with Crippen molar-refractivity contribution in [2.75, 3.05) is 46.8 Å². The highest BCUT2D eigenvalue weighted by Crippen LogP contribution is 2.19. The molecule has 1 aromatic rings. The Labute approximate surface area is 175 Å². The van der Waals surface area contributed by atoms with Crippen molar-refractivity contribution in [2.24, 2.45) is 4.99 Å². The number of aliphatic imine (C=N–C) groups is 1. The maximum atomic E-state index is 5.58. The van der Waals surface area contributed by atoms with Gasteiger partial charge in [-0.1, -0.05) is 6.92 Å². The maximum Gasteiger partial charge on any atom is 0.191 e. The Morgan fingerprint density at radius 1 is 1.35 bits per heavy atom. The second kappa shape index (κ2) is 12.6. The van der Waals surface area contributed by atoms with Crippen LogP contribution in [0, 0.1) is 0 Å². The van der Waals surface area contributed by atoms with E-state index in [1.165, 1.54) is 38.9 Å². The van der Waals surface area contributed by atoms with Gasteiger partial charge in [-0.25, -0.2) is 0 Å². The highest BCUT2D eigenvalue weighted by molar-refractivity contribution is 14.0. The number of halogens is 1. The van der Waals surface area contributed by atoms with Gasteiger partial charge in [0.1, 0.15) is 5.76 Å². The van der Waals surface area contributed by atoms with Gasteiger partial charge in [-0.05, 0) is 59.0 Å². The Morgan fingerprint density at radius 2 is 2.08 bits per heavy atom. The fraction of sp³-hybridized carbons (Fsp3) is 0.737. The van der Waals surface area contributed by atoms with Crippen LogP contribution in [0.15, 0.2) is 27.8 Å². The molecule has 0 aliphatic carbocycles. The zero-order chi connectivity index (χ0) is 18.1. The highest BCUT2D eigenvalue weighted by Gasteiger charge is 2.20. The summed E-state index contributed by atoms with van der Waals surface area (Å²) in [5.74, 6) is 1.87. The lowest BCUT2D eigenvalue weighted by Gasteiger charge is -2.33. The van der Waals surface area contributed by atoms with Crippen molar-refractivity contribution < 1.29 is 4.42 Å². The second-order valence-electron chi connectivity index (χ2n) is 6.97. The largest absolute Gasteiger partial charge is 0.468 e. The number of piperidine rings is 1. The van der Waals surface area contributed by atoms with Crippen molar-refractivity contribution in [1.29, 1.82) is 0 Å². The first kappa shape index (κ1) is 23.2. The molecule has 0 saturated carbocycles. The van der Waals surface area contributed by atoms with Crippen LogP contribution in [0.3, 0.4) is 0 Å². The number of likely N-dealkylation sites (tertiary alicyclic amines) is 1. The number of rotatable bonds is 8. The van der Waals surface area contributed by atoms with Crippen molar-refractivity contribution >= 4 is 29.9 Å². The predicted molar refractivity (Wildman–Crippen MR) is 119 cm³/mol. The molecule has 26 heavy (non-hydrogen) atoms. The summed E-state index contributed by atoms with van der Waals surface area (Å²) in [5.41, 5.74) is 0. The van der Waals surface area contributed by atoms with Gasteiger partial charge < -0.3 is 20.0 Å². The van der Waals surface area contributed by atoms with E-state index < -0.39 is 0 Å². The van der Waals surface area contributed by atoms with Crippen molar-refractivity contribution in [1.82, 2.24) is 20.4 Å². The number of guanidine groups is 1. The third-order valence-electron chi connectivity index (χ3n) is 4.73. The van der Waals surface area contributed by atoms with Crippen LogP contribution in [0.4, 0.5) is 0 Å². The summed E-state index contributed by atoms with van der Waals surface area (Å²) in [6.45, 7) is 9.47. The molecule has 1 aromatic heterocycles. The number of hydrogen-bond acceptors (Lipinski definition) is 4. The van der Waals surface area contributed by atoms with Crippen molar-refractivity contribution in [3.8, 4) is 0 Å². The second-order valence-corrected chi connectivity index (χ2v) is 6.97. The normalized spacial score (nSPS) is 17.8. The van der Waals surface area contributed by atoms with E-state index in [4.69, 9.17) is 9.41 Å². The summed E-state index contributed by atoms with van der Waals surface area (Å²) >= 11 is 0. The van der Waals surface area contributed by atoms with Crippen LogP contribution < -0.4 is 10.6 Å². The van der Waals surface area contributed by atoms with Gasteiger partial charge in [0.2, 0.25) is 0 Å². The molecular weight excluding hydrogens is 441 g/mol. The van der Waals surface area contributed by atoms with Crippen molar-refractivity contribution in [3.05, 3.63) is 24.2 Å². The Morgan fingerprint density at radius 3 is 2.62 bits per heavy atom. The van der Waals surface area contributed by atoms with Gasteiger partial charge in [0.25, 0.3) is 0 Å². The lowest BCUT2D eigenvalue weighted by molar-refractivity contribution is 0.206. The quantitative estimate of drug-likeness (QED) is 0.343. The van der Waals surface area contributed by atoms with Gasteiger partial charge in [0, 0.05) is 25.7 Å². The maximum absolute atomic E-state index is 5.58. The summed E-state index contributed by atoms with van der Waals surface area (Å²) < 4.78 is 5.58. The Bertz CT molecular complexity index is 498. The molecule has 1 aliphatic heterocycles. The molecule has 0 spiro atoms. The number of likely N-dealkylation sites (N-methyl/N-ethyl adjacent to an activating group) is 1. The first-order valence-electron chi connectivity index (χ1n) is 9.61. The standard InChI is InChI=1S/C19H35N5O.HI/c1-5-11-24-12-9-16(10-13-24)22-19(20-6-2)21-15-17(23(3)4)18-8-7-14-25-18;/h7-8,14,16-17H,5-6,9-13,15H2,1-4H3,(H2,20,21,22);1H. The van der Waals surface area contributed by atoms with E-state index >= 15 is 0 Å². The Hall–Kier alpha value is -0.800. The molecule has 1 aliphatic rings. The number of nitrogens with zero attached hydrogens (tertiary/aromatic N) is 3. The van der Waals surface area contributed by atoms with Crippen LogP contribution in [0.2, 0.25) is 0 Å². The van der Waals surface area contributed by atoms with Crippen molar-refractivity contribution in [3.63, 3.8) is 0 Å². The monoisotopic (exact) mass is 477 g/mol. The molecule has 0 bridgehead atoms. The van der Waals surface area contributed by atoms with E-state index in [1.54, 1.807) is 6.26 Å². The number of nitrogens with one attached hydrogen (secondary N) is 2. The minimum absolute atomic E-state index is 0. The lowest BCUT2D eigenvalue weighted by atomic mass is 10.1. The molecule has 0 radical (unpaired) electrons. The zero-order valence-corrected chi connectivity index (χ0v) is 19.0. The van der Waals surface area contributed by atoms with Crippen LogP contribution in [0.5, 0.6) is 0 Å². The molecule has 0 amide bonds. The van der Waals surface area contributed by atoms with Gasteiger partial charge in [0.15, 0.2) is 5.96 Å². The third-order valence-corrected chi connectivity index (χ3v) is 4.73. The van der Waals surface area contributed by atoms with Gasteiger partial charge in [-0.15, -0.1) is 24.0 Å². The summed E-state index contributed by atoms with van der Waals surface area (Å²) in [7, 11) is 4.12. The van der Waals surface area contributed by atoms with E-state index in [-0.39, 0.29) is 30.0 Å². The SMILES string of the molecule is CCCN1CCC(NC(=NCC(c2ccco2)N(C)C)NCC)CC1.I. The molecule has 2 N–H and O–H groups in total. The summed E-state index contributed by atoms with van der Waals surface area (Å²) in [6, 6.07) is 4.61. The average molecular weight is 477 g/mol. The molecule has 2 heterocycles. The zero-order valence-electron chi connectivity index (χ0n) is 16.7. The molecular formula is C19H36IN5O. The van der Waals surface area contributed by atoms with E-state index in [0.29, 0.717) is 12.6 Å². The topological polar surface area (TPSA) is 56.0 Å². The van der Waals surface area contributed by atoms with Crippen LogP contribution >= 0.6 is 24.0 Å². The molecule has 1 unspecified atom stereocenters. The molecule has 6 nitrogen and oxygen atoms in total. The molecule has 1 atom stereocenters. The summed E-state index contributed by atoms with van der Waals surface area (Å²) in [5, 5.41) is 7.00. The minimum Gasteiger partial charge on any atom is -0.468 e. The number of furan rings is 1. The molecule has 7 heteroatoms. The summed E-state index contributed by atoms with van der Waals surface area (Å²) in [4.78, 5) is 9.52. The molecule has 1 fully saturated rings. The van der Waals surface area contributed by atoms with E-state index in [2.05, 4.69) is 48.4 Å². The first-order valence-corrected chi connectivity index (χ1v) is 9.61. The van der Waals surface area contributed by atoms with E-state index in [9.17, 15) is 0 Å². The predicted octanol–water partition coefficient (Wildman–Crippen LogP) is 2.93. The van der Waals surface area contributed by atoms with Gasteiger partial charge in [-0.2, -0.15) is 0 Å². The van der Waals surface area contributed by atoms with E-state index in [1.807, 2.05) is 12.1 Å². The first-order chi connectivity index (χ1) is 12.1. The number of hydrogen-bond donors (Lipinski definition) is 2. The molecule has 2 rings (SSSR count). The van der Waals surface area contributed by atoms with Gasteiger partial charge in [-0.3, -0.25) is 9.89 Å². The molecule has 150 valence electrons. The minimum atomic E-state index is 0. The van der Waals surface area contributed by atoms with Crippen LogP contribution in [0.25, 0.3) is 0 Å². The molecule has 1 saturated heterocycles. The Balaban J connectivity index is 0.00000338. The third kappa shape index (κ3) is 7.44. The average Bonchev–Trinajstić information content (AvgIpc) is 3.11. The molecule has 0 aromatic carbocycles. The van der Waals surface area contributed by atoms with Crippen molar-refractivity contribution in [2.45, 2.75) is 45.2 Å². The lowest BCUT2D eigenvalue weighted by Crippen LogP contribution is -2.49.